The minimum atomic E-state index is 0.705. The van der Waals surface area contributed by atoms with Gasteiger partial charge in [0.05, 0.1) is 0 Å². The predicted octanol–water partition coefficient (Wildman–Crippen LogP) is 3.20. The van der Waals surface area contributed by atoms with Crippen LogP contribution >= 0.6 is 0 Å². The Kier molecular flexibility index (Phi) is 3.52. The zero-order chi connectivity index (χ0) is 14.1. The lowest BCUT2D eigenvalue weighted by Crippen LogP contribution is -2.43. The van der Waals surface area contributed by atoms with Crippen molar-refractivity contribution in [3.8, 4) is 0 Å². The number of pyridine rings is 1. The maximum Gasteiger partial charge on any atom is 0.136 e. The van der Waals surface area contributed by atoms with E-state index in [4.69, 9.17) is 0 Å². The summed E-state index contributed by atoms with van der Waals surface area (Å²) in [5.41, 5.74) is 0. The average Bonchev–Trinajstić information content (AvgIpc) is 3.37. The largest absolute Gasteiger partial charge is 0.356 e. The van der Waals surface area contributed by atoms with Gasteiger partial charge >= 0.3 is 0 Å². The maximum absolute atomic E-state index is 4.65. The van der Waals surface area contributed by atoms with Gasteiger partial charge in [-0.25, -0.2) is 4.98 Å². The van der Waals surface area contributed by atoms with E-state index in [1.54, 1.807) is 0 Å². The summed E-state index contributed by atoms with van der Waals surface area (Å²) in [5.74, 6) is 2.14. The fourth-order valence-corrected chi connectivity index (χ4v) is 3.31. The van der Waals surface area contributed by atoms with Crippen LogP contribution in [0.15, 0.2) is 36.5 Å². The third-order valence-electron chi connectivity index (χ3n) is 4.84. The molecule has 3 nitrogen and oxygen atoms in total. The van der Waals surface area contributed by atoms with Crippen LogP contribution in [0.4, 0.5) is 5.82 Å². The quantitative estimate of drug-likeness (QED) is 0.933. The van der Waals surface area contributed by atoms with Crippen LogP contribution in [0.2, 0.25) is 0 Å². The second kappa shape index (κ2) is 5.64. The van der Waals surface area contributed by atoms with Gasteiger partial charge in [-0.15, -0.1) is 0 Å². The number of aromatic nitrogens is 1. The van der Waals surface area contributed by atoms with E-state index in [1.807, 2.05) is 6.20 Å². The number of rotatable bonds is 4. The molecule has 0 bridgehead atoms. The lowest BCUT2D eigenvalue weighted by atomic mass is 10.0. The highest BCUT2D eigenvalue weighted by atomic mass is 15.2. The molecule has 1 N–H and O–H groups in total. The smallest absolute Gasteiger partial charge is 0.136 e. The summed E-state index contributed by atoms with van der Waals surface area (Å²) in [4.78, 5) is 7.10. The van der Waals surface area contributed by atoms with Crippen molar-refractivity contribution < 1.29 is 0 Å². The molecular formula is C18H23N3. The fraction of sp³-hybridized carbons (Fsp3) is 0.500. The standard InChI is InChI=1S/C18H23N3/c1-2-4-17-15(3-1)7-10-19-18(17)21-11-8-16(9-12-21)20-13-14-5-6-14/h1-4,7,10,14,16,20H,5-6,8-9,11-13H2. The molecule has 1 saturated carbocycles. The number of piperidine rings is 1. The van der Waals surface area contributed by atoms with Crippen LogP contribution in [0.3, 0.4) is 0 Å². The Morgan fingerprint density at radius 3 is 2.67 bits per heavy atom. The van der Waals surface area contributed by atoms with Crippen LogP contribution in [0.25, 0.3) is 10.8 Å². The SMILES string of the molecule is c1ccc2c(N3CCC(NCC4CC4)CC3)nccc2c1. The first-order chi connectivity index (χ1) is 10.4. The van der Waals surface area contributed by atoms with Crippen molar-refractivity contribution in [1.29, 1.82) is 0 Å². The lowest BCUT2D eigenvalue weighted by molar-refractivity contribution is 0.408. The zero-order valence-electron chi connectivity index (χ0n) is 12.5. The fourth-order valence-electron chi connectivity index (χ4n) is 3.31. The van der Waals surface area contributed by atoms with E-state index in [-0.39, 0.29) is 0 Å². The van der Waals surface area contributed by atoms with Gasteiger partial charge in [0.15, 0.2) is 0 Å². The van der Waals surface area contributed by atoms with E-state index in [9.17, 15) is 0 Å². The first-order valence-corrected chi connectivity index (χ1v) is 8.22. The number of nitrogens with zero attached hydrogens (tertiary/aromatic N) is 2. The summed E-state index contributed by atoms with van der Waals surface area (Å²) in [6.45, 7) is 3.46. The van der Waals surface area contributed by atoms with Crippen molar-refractivity contribution in [1.82, 2.24) is 10.3 Å². The van der Waals surface area contributed by atoms with E-state index >= 15 is 0 Å². The van der Waals surface area contributed by atoms with Crippen LogP contribution in [-0.4, -0.2) is 30.7 Å². The molecule has 1 aliphatic carbocycles. The Balaban J connectivity index is 1.44. The first-order valence-electron chi connectivity index (χ1n) is 8.22. The van der Waals surface area contributed by atoms with E-state index in [0.29, 0.717) is 6.04 Å². The summed E-state index contributed by atoms with van der Waals surface area (Å²) < 4.78 is 0. The summed E-state index contributed by atoms with van der Waals surface area (Å²) in [6.07, 6.45) is 7.28. The Morgan fingerprint density at radius 1 is 1.05 bits per heavy atom. The topological polar surface area (TPSA) is 28.2 Å². The molecule has 2 aliphatic rings. The van der Waals surface area contributed by atoms with Gasteiger partial charge in [0.25, 0.3) is 0 Å². The van der Waals surface area contributed by atoms with Crippen molar-refractivity contribution in [3.63, 3.8) is 0 Å². The van der Waals surface area contributed by atoms with Crippen molar-refractivity contribution >= 4 is 16.6 Å². The molecule has 2 aromatic rings. The lowest BCUT2D eigenvalue weighted by Gasteiger charge is -2.34. The molecule has 4 rings (SSSR count). The molecule has 2 heterocycles. The minimum absolute atomic E-state index is 0.705. The van der Waals surface area contributed by atoms with E-state index in [2.05, 4.69) is 45.5 Å². The highest BCUT2D eigenvalue weighted by molar-refractivity contribution is 5.92. The molecule has 0 atom stereocenters. The van der Waals surface area contributed by atoms with Gasteiger partial charge < -0.3 is 10.2 Å². The van der Waals surface area contributed by atoms with Crippen LogP contribution in [0.1, 0.15) is 25.7 Å². The van der Waals surface area contributed by atoms with Crippen LogP contribution in [0.5, 0.6) is 0 Å². The zero-order valence-corrected chi connectivity index (χ0v) is 12.5. The van der Waals surface area contributed by atoms with Gasteiger partial charge in [0, 0.05) is 30.7 Å². The maximum atomic E-state index is 4.65. The number of fused-ring (bicyclic) bond motifs is 1. The second-order valence-electron chi connectivity index (χ2n) is 6.47. The molecule has 21 heavy (non-hydrogen) atoms. The van der Waals surface area contributed by atoms with Crippen molar-refractivity contribution in [2.24, 2.45) is 5.92 Å². The first kappa shape index (κ1) is 13.1. The van der Waals surface area contributed by atoms with Crippen molar-refractivity contribution in [2.45, 2.75) is 31.7 Å². The van der Waals surface area contributed by atoms with E-state index < -0.39 is 0 Å². The van der Waals surface area contributed by atoms with Gasteiger partial charge in [-0.2, -0.15) is 0 Å². The Bertz CT molecular complexity index is 607. The molecule has 0 amide bonds. The van der Waals surface area contributed by atoms with Gasteiger partial charge in [-0.3, -0.25) is 0 Å². The van der Waals surface area contributed by atoms with Crippen LogP contribution in [-0.2, 0) is 0 Å². The molecule has 3 heteroatoms. The average molecular weight is 281 g/mol. The normalized spacial score (nSPS) is 20.1. The summed E-state index contributed by atoms with van der Waals surface area (Å²) in [6, 6.07) is 11.4. The van der Waals surface area contributed by atoms with E-state index in [1.165, 1.54) is 43.0 Å². The molecule has 1 aromatic heterocycles. The number of hydrogen-bond acceptors (Lipinski definition) is 3. The molecular weight excluding hydrogens is 258 g/mol. The van der Waals surface area contributed by atoms with Gasteiger partial charge in [-0.1, -0.05) is 24.3 Å². The van der Waals surface area contributed by atoms with Crippen molar-refractivity contribution in [2.75, 3.05) is 24.5 Å². The summed E-state index contributed by atoms with van der Waals surface area (Å²) >= 11 is 0. The molecule has 0 radical (unpaired) electrons. The molecule has 0 unspecified atom stereocenters. The Morgan fingerprint density at radius 2 is 1.86 bits per heavy atom. The number of benzene rings is 1. The highest BCUT2D eigenvalue weighted by Crippen LogP contribution is 2.29. The van der Waals surface area contributed by atoms with Gasteiger partial charge in [-0.05, 0) is 49.6 Å². The second-order valence-corrected chi connectivity index (χ2v) is 6.47. The van der Waals surface area contributed by atoms with Crippen molar-refractivity contribution in [3.05, 3.63) is 36.5 Å². The Hall–Kier alpha value is -1.61. The molecule has 0 spiro atoms. The molecule has 1 aromatic carbocycles. The molecule has 2 fully saturated rings. The third-order valence-corrected chi connectivity index (χ3v) is 4.84. The van der Waals surface area contributed by atoms with Gasteiger partial charge in [0.1, 0.15) is 5.82 Å². The summed E-state index contributed by atoms with van der Waals surface area (Å²) in [5, 5.41) is 6.32. The Labute approximate surface area is 126 Å². The van der Waals surface area contributed by atoms with Gasteiger partial charge in [0.2, 0.25) is 0 Å². The van der Waals surface area contributed by atoms with Crippen LogP contribution in [0, 0.1) is 5.92 Å². The minimum Gasteiger partial charge on any atom is -0.356 e. The number of nitrogens with one attached hydrogen (secondary N) is 1. The number of hydrogen-bond donors (Lipinski definition) is 1. The monoisotopic (exact) mass is 281 g/mol. The predicted molar refractivity (Wildman–Crippen MR) is 87.7 cm³/mol. The number of anilines is 1. The molecule has 1 saturated heterocycles. The highest BCUT2D eigenvalue weighted by Gasteiger charge is 2.25. The molecule has 110 valence electrons. The summed E-state index contributed by atoms with van der Waals surface area (Å²) in [7, 11) is 0. The van der Waals surface area contributed by atoms with Crippen LogP contribution < -0.4 is 10.2 Å². The third kappa shape index (κ3) is 2.88. The van der Waals surface area contributed by atoms with E-state index in [0.717, 1.165) is 24.8 Å². The molecule has 1 aliphatic heterocycles.